The number of benzene rings is 1. The maximum atomic E-state index is 11.1. The molecule has 1 amide bonds. The summed E-state index contributed by atoms with van der Waals surface area (Å²) in [6, 6.07) is 9.72. The zero-order valence-electron chi connectivity index (χ0n) is 10.0. The maximum Gasteiger partial charge on any atom is 0.239 e. The predicted octanol–water partition coefficient (Wildman–Crippen LogP) is 1.12. The molecule has 2 aromatic rings. The monoisotopic (exact) mass is 275 g/mol. The summed E-state index contributed by atoms with van der Waals surface area (Å²) in [6.07, 6.45) is 1.87. The Labute approximate surface area is 114 Å². The van der Waals surface area contributed by atoms with Crippen LogP contribution in [0.5, 0.6) is 0 Å². The summed E-state index contributed by atoms with van der Waals surface area (Å²) >= 11 is 1.38. The molecule has 0 bridgehead atoms. The SMILES string of the molecule is NNC(=O)Cc1csc(N/N=C/c2ccccc2)n1. The lowest BCUT2D eigenvalue weighted by Crippen LogP contribution is -2.31. The van der Waals surface area contributed by atoms with Gasteiger partial charge in [-0.25, -0.2) is 10.8 Å². The zero-order valence-corrected chi connectivity index (χ0v) is 10.9. The Balaban J connectivity index is 1.90. The number of hydrazine groups is 1. The topological polar surface area (TPSA) is 92.4 Å². The number of carbonyl (C=O) groups is 1. The average molecular weight is 275 g/mol. The zero-order chi connectivity index (χ0) is 13.5. The predicted molar refractivity (Wildman–Crippen MR) is 75.8 cm³/mol. The highest BCUT2D eigenvalue weighted by Crippen LogP contribution is 2.15. The number of nitrogens with zero attached hydrogens (tertiary/aromatic N) is 2. The molecule has 1 heterocycles. The van der Waals surface area contributed by atoms with Crippen LogP contribution in [0, 0.1) is 0 Å². The van der Waals surface area contributed by atoms with Gasteiger partial charge in [0.15, 0.2) is 0 Å². The second-order valence-electron chi connectivity index (χ2n) is 3.67. The van der Waals surface area contributed by atoms with Crippen molar-refractivity contribution in [2.24, 2.45) is 10.9 Å². The Morgan fingerprint density at radius 3 is 2.95 bits per heavy atom. The number of amides is 1. The van der Waals surface area contributed by atoms with Gasteiger partial charge in [0.2, 0.25) is 11.0 Å². The van der Waals surface area contributed by atoms with Gasteiger partial charge in [0.25, 0.3) is 0 Å². The largest absolute Gasteiger partial charge is 0.294 e. The molecular weight excluding hydrogens is 262 g/mol. The van der Waals surface area contributed by atoms with Gasteiger partial charge in [0.1, 0.15) is 0 Å². The summed E-state index contributed by atoms with van der Waals surface area (Å²) in [4.78, 5) is 15.3. The summed E-state index contributed by atoms with van der Waals surface area (Å²) in [6.45, 7) is 0. The fraction of sp³-hybridized carbons (Fsp3) is 0.0833. The lowest BCUT2D eigenvalue weighted by Gasteiger charge is -1.95. The van der Waals surface area contributed by atoms with E-state index in [1.54, 1.807) is 11.6 Å². The number of rotatable bonds is 5. The third kappa shape index (κ3) is 4.16. The first-order chi connectivity index (χ1) is 9.28. The molecule has 98 valence electrons. The van der Waals surface area contributed by atoms with Crippen LogP contribution >= 0.6 is 11.3 Å². The van der Waals surface area contributed by atoms with E-state index in [-0.39, 0.29) is 12.3 Å². The van der Waals surface area contributed by atoms with Crippen molar-refractivity contribution in [3.05, 3.63) is 47.0 Å². The molecule has 0 aliphatic heterocycles. The van der Waals surface area contributed by atoms with Crippen LogP contribution in [0.15, 0.2) is 40.8 Å². The maximum absolute atomic E-state index is 11.1. The van der Waals surface area contributed by atoms with Gasteiger partial charge in [0.05, 0.1) is 18.3 Å². The van der Waals surface area contributed by atoms with Gasteiger partial charge in [-0.3, -0.25) is 15.6 Å². The highest BCUT2D eigenvalue weighted by molar-refractivity contribution is 7.13. The molecule has 0 aliphatic carbocycles. The van der Waals surface area contributed by atoms with Gasteiger partial charge in [-0.1, -0.05) is 30.3 Å². The minimum Gasteiger partial charge on any atom is -0.294 e. The number of hydrogen-bond acceptors (Lipinski definition) is 6. The Hall–Kier alpha value is -2.25. The molecule has 0 atom stereocenters. The van der Waals surface area contributed by atoms with Crippen molar-refractivity contribution in [3.8, 4) is 0 Å². The van der Waals surface area contributed by atoms with Crippen molar-refractivity contribution >= 4 is 28.6 Å². The van der Waals surface area contributed by atoms with E-state index in [0.29, 0.717) is 10.8 Å². The van der Waals surface area contributed by atoms with Gasteiger partial charge in [-0.2, -0.15) is 5.10 Å². The highest BCUT2D eigenvalue weighted by Gasteiger charge is 2.05. The van der Waals surface area contributed by atoms with Crippen molar-refractivity contribution in [2.75, 3.05) is 5.43 Å². The van der Waals surface area contributed by atoms with E-state index in [0.717, 1.165) is 5.56 Å². The number of nitrogens with two attached hydrogens (primary N) is 1. The molecule has 1 aromatic carbocycles. The lowest BCUT2D eigenvalue weighted by atomic mass is 10.2. The molecule has 0 saturated heterocycles. The molecule has 0 saturated carbocycles. The van der Waals surface area contributed by atoms with Crippen LogP contribution in [0.2, 0.25) is 0 Å². The van der Waals surface area contributed by atoms with Crippen LogP contribution in [0.25, 0.3) is 0 Å². The second-order valence-corrected chi connectivity index (χ2v) is 4.53. The molecule has 4 N–H and O–H groups in total. The second kappa shape index (κ2) is 6.62. The van der Waals surface area contributed by atoms with Crippen LogP contribution in [-0.4, -0.2) is 17.1 Å². The first-order valence-corrected chi connectivity index (χ1v) is 6.44. The number of hydrogen-bond donors (Lipinski definition) is 3. The van der Waals surface area contributed by atoms with Crippen molar-refractivity contribution in [3.63, 3.8) is 0 Å². The molecule has 0 fully saturated rings. The van der Waals surface area contributed by atoms with E-state index < -0.39 is 0 Å². The summed E-state index contributed by atoms with van der Waals surface area (Å²) in [5.41, 5.74) is 6.53. The molecule has 7 heteroatoms. The molecule has 1 aromatic heterocycles. The Morgan fingerprint density at radius 1 is 1.42 bits per heavy atom. The quantitative estimate of drug-likeness (QED) is 0.330. The van der Waals surface area contributed by atoms with Gasteiger partial charge in [-0.05, 0) is 5.56 Å². The number of nitrogens with one attached hydrogen (secondary N) is 2. The minimum atomic E-state index is -0.273. The smallest absolute Gasteiger partial charge is 0.239 e. The molecular formula is C12H13N5OS. The van der Waals surface area contributed by atoms with E-state index in [1.165, 1.54) is 11.3 Å². The van der Waals surface area contributed by atoms with Gasteiger partial charge in [0, 0.05) is 5.38 Å². The van der Waals surface area contributed by atoms with E-state index in [9.17, 15) is 4.79 Å². The van der Waals surface area contributed by atoms with E-state index >= 15 is 0 Å². The Kier molecular flexibility index (Phi) is 4.60. The van der Waals surface area contributed by atoms with Crippen LogP contribution in [0.1, 0.15) is 11.3 Å². The summed E-state index contributed by atoms with van der Waals surface area (Å²) in [7, 11) is 0. The minimum absolute atomic E-state index is 0.164. The molecule has 0 spiro atoms. The van der Waals surface area contributed by atoms with Crippen LogP contribution < -0.4 is 16.7 Å². The molecule has 0 aliphatic rings. The first-order valence-electron chi connectivity index (χ1n) is 5.56. The van der Waals surface area contributed by atoms with Crippen LogP contribution in [-0.2, 0) is 11.2 Å². The van der Waals surface area contributed by atoms with Gasteiger partial charge < -0.3 is 0 Å². The number of hydrazone groups is 1. The summed E-state index contributed by atoms with van der Waals surface area (Å²) in [5, 5.41) is 6.49. The van der Waals surface area contributed by atoms with E-state index in [1.807, 2.05) is 30.3 Å². The third-order valence-electron chi connectivity index (χ3n) is 2.23. The number of anilines is 1. The molecule has 6 nitrogen and oxygen atoms in total. The average Bonchev–Trinajstić information content (AvgIpc) is 2.87. The molecule has 0 radical (unpaired) electrons. The van der Waals surface area contributed by atoms with Crippen LogP contribution in [0.3, 0.4) is 0 Å². The summed E-state index contributed by atoms with van der Waals surface area (Å²) in [5.74, 6) is 4.73. The Morgan fingerprint density at radius 2 is 2.21 bits per heavy atom. The van der Waals surface area contributed by atoms with Crippen molar-refractivity contribution in [2.45, 2.75) is 6.42 Å². The molecule has 0 unspecified atom stereocenters. The lowest BCUT2D eigenvalue weighted by molar-refractivity contribution is -0.120. The summed E-state index contributed by atoms with van der Waals surface area (Å²) < 4.78 is 0. The standard InChI is InChI=1S/C12H13N5OS/c13-16-11(18)6-10-8-19-12(15-10)17-14-7-9-4-2-1-3-5-9/h1-5,7-8H,6,13H2,(H,15,17)(H,16,18)/b14-7+. The fourth-order valence-electron chi connectivity index (χ4n) is 1.36. The van der Waals surface area contributed by atoms with Gasteiger partial charge in [-0.15, -0.1) is 11.3 Å². The van der Waals surface area contributed by atoms with Crippen molar-refractivity contribution in [1.82, 2.24) is 10.4 Å². The van der Waals surface area contributed by atoms with Gasteiger partial charge >= 0.3 is 0 Å². The fourth-order valence-corrected chi connectivity index (χ4v) is 2.02. The number of aromatic nitrogens is 1. The van der Waals surface area contributed by atoms with Crippen LogP contribution in [0.4, 0.5) is 5.13 Å². The number of thiazole rings is 1. The first kappa shape index (κ1) is 13.2. The number of carbonyl (C=O) groups excluding carboxylic acids is 1. The van der Waals surface area contributed by atoms with Crippen molar-refractivity contribution < 1.29 is 4.79 Å². The third-order valence-corrected chi connectivity index (χ3v) is 3.02. The Bertz CT molecular complexity index is 567. The highest BCUT2D eigenvalue weighted by atomic mass is 32.1. The van der Waals surface area contributed by atoms with E-state index in [4.69, 9.17) is 5.84 Å². The molecule has 2 rings (SSSR count). The van der Waals surface area contributed by atoms with Crippen molar-refractivity contribution in [1.29, 1.82) is 0 Å². The normalized spacial score (nSPS) is 10.6. The molecule has 19 heavy (non-hydrogen) atoms. The van der Waals surface area contributed by atoms with E-state index in [2.05, 4.69) is 20.9 Å².